The Labute approximate surface area is 105 Å². The third-order valence-electron chi connectivity index (χ3n) is 2.00. The highest BCUT2D eigenvalue weighted by atomic mass is 32.1. The number of rotatable bonds is 6. The van der Waals surface area contributed by atoms with Gasteiger partial charge in [0.15, 0.2) is 5.13 Å². The van der Waals surface area contributed by atoms with E-state index in [1.807, 2.05) is 6.92 Å². The van der Waals surface area contributed by atoms with Gasteiger partial charge in [0.05, 0.1) is 12.3 Å². The number of hydrogen-bond donors (Lipinski definition) is 0. The first-order valence-corrected chi connectivity index (χ1v) is 6.30. The van der Waals surface area contributed by atoms with E-state index in [1.165, 1.54) is 5.69 Å². The Hall–Kier alpha value is -1.23. The SMILES string of the molecule is CCOCCN(C)c1nc(CC)cs1.O=C=O. The quantitative estimate of drug-likeness (QED) is 0.725. The molecule has 0 saturated carbocycles. The van der Waals surface area contributed by atoms with Crippen molar-refractivity contribution in [3.63, 3.8) is 0 Å². The Balaban J connectivity index is 0.000000770. The zero-order valence-corrected chi connectivity index (χ0v) is 11.2. The van der Waals surface area contributed by atoms with Crippen LogP contribution in [0.1, 0.15) is 19.5 Å². The number of aryl methyl sites for hydroxylation is 1. The Morgan fingerprint density at radius 3 is 2.59 bits per heavy atom. The Morgan fingerprint density at radius 1 is 1.47 bits per heavy atom. The van der Waals surface area contributed by atoms with Gasteiger partial charge in [-0.15, -0.1) is 11.3 Å². The van der Waals surface area contributed by atoms with E-state index in [2.05, 4.69) is 29.2 Å². The average molecular weight is 258 g/mol. The number of anilines is 1. The van der Waals surface area contributed by atoms with Gasteiger partial charge in [0.1, 0.15) is 0 Å². The molecule has 6 heteroatoms. The Kier molecular flexibility index (Phi) is 9.24. The predicted octanol–water partition coefficient (Wildman–Crippen LogP) is 1.59. The molecule has 0 N–H and O–H groups in total. The molecule has 0 atom stereocenters. The molecular weight excluding hydrogens is 240 g/mol. The van der Waals surface area contributed by atoms with Gasteiger partial charge in [-0.3, -0.25) is 0 Å². The summed E-state index contributed by atoms with van der Waals surface area (Å²) in [6.45, 7) is 6.60. The monoisotopic (exact) mass is 258 g/mol. The topological polar surface area (TPSA) is 59.5 Å². The van der Waals surface area contributed by atoms with Gasteiger partial charge in [0.25, 0.3) is 0 Å². The molecule has 0 spiro atoms. The maximum absolute atomic E-state index is 8.12. The van der Waals surface area contributed by atoms with Gasteiger partial charge in [0.2, 0.25) is 0 Å². The summed E-state index contributed by atoms with van der Waals surface area (Å²) in [5.74, 6) is 0. The molecule has 0 unspecified atom stereocenters. The van der Waals surface area contributed by atoms with Crippen LogP contribution in [0.2, 0.25) is 0 Å². The van der Waals surface area contributed by atoms with Crippen molar-refractivity contribution < 1.29 is 14.3 Å². The standard InChI is InChI=1S/C10H18N2OS.CO2/c1-4-9-8-14-10(11-9)12(3)6-7-13-5-2;2-1-3/h8H,4-7H2,1-3H3;. The van der Waals surface area contributed by atoms with Crippen LogP contribution in [0.4, 0.5) is 5.13 Å². The summed E-state index contributed by atoms with van der Waals surface area (Å²) in [6, 6.07) is 0. The van der Waals surface area contributed by atoms with E-state index in [1.54, 1.807) is 11.3 Å². The van der Waals surface area contributed by atoms with Gasteiger partial charge in [-0.1, -0.05) is 6.92 Å². The zero-order chi connectivity index (χ0) is 13.1. The molecule has 1 aromatic rings. The number of hydrogen-bond acceptors (Lipinski definition) is 6. The molecule has 0 bridgehead atoms. The van der Waals surface area contributed by atoms with Gasteiger partial charge >= 0.3 is 6.15 Å². The van der Waals surface area contributed by atoms with Gasteiger partial charge in [-0.25, -0.2) is 4.98 Å². The number of carbonyl (C=O) groups excluding carboxylic acids is 2. The molecule has 1 aromatic heterocycles. The van der Waals surface area contributed by atoms with Gasteiger partial charge in [0, 0.05) is 25.6 Å². The van der Waals surface area contributed by atoms with Crippen LogP contribution in [-0.4, -0.2) is 37.9 Å². The number of thiazole rings is 1. The lowest BCUT2D eigenvalue weighted by Crippen LogP contribution is -2.22. The largest absolute Gasteiger partial charge is 0.380 e. The van der Waals surface area contributed by atoms with Gasteiger partial charge in [-0.05, 0) is 13.3 Å². The van der Waals surface area contributed by atoms with Crippen molar-refractivity contribution in [3.8, 4) is 0 Å². The molecule has 96 valence electrons. The third kappa shape index (κ3) is 6.84. The molecule has 17 heavy (non-hydrogen) atoms. The minimum atomic E-state index is 0.250. The maximum atomic E-state index is 8.12. The highest BCUT2D eigenvalue weighted by Crippen LogP contribution is 2.18. The lowest BCUT2D eigenvalue weighted by Gasteiger charge is -2.14. The maximum Gasteiger partial charge on any atom is 0.373 e. The highest BCUT2D eigenvalue weighted by Gasteiger charge is 2.05. The minimum Gasteiger partial charge on any atom is -0.380 e. The Morgan fingerprint density at radius 2 is 2.12 bits per heavy atom. The van der Waals surface area contributed by atoms with Crippen LogP contribution in [0.15, 0.2) is 5.38 Å². The molecule has 0 aliphatic rings. The van der Waals surface area contributed by atoms with E-state index in [-0.39, 0.29) is 6.15 Å². The summed E-state index contributed by atoms with van der Waals surface area (Å²) in [5, 5.41) is 3.20. The molecule has 0 radical (unpaired) electrons. The van der Waals surface area contributed by atoms with Crippen molar-refractivity contribution in [1.29, 1.82) is 0 Å². The first-order valence-electron chi connectivity index (χ1n) is 5.42. The van der Waals surface area contributed by atoms with Crippen molar-refractivity contribution >= 4 is 22.6 Å². The first-order chi connectivity index (χ1) is 8.19. The van der Waals surface area contributed by atoms with Crippen LogP contribution in [0.3, 0.4) is 0 Å². The van der Waals surface area contributed by atoms with E-state index < -0.39 is 0 Å². The molecule has 0 aromatic carbocycles. The van der Waals surface area contributed by atoms with Crippen molar-refractivity contribution in [3.05, 3.63) is 11.1 Å². The summed E-state index contributed by atoms with van der Waals surface area (Å²) in [5.41, 5.74) is 1.17. The molecular formula is C11H18N2O3S. The predicted molar refractivity (Wildman–Crippen MR) is 66.3 cm³/mol. The van der Waals surface area contributed by atoms with Crippen LogP contribution in [0.25, 0.3) is 0 Å². The summed E-state index contributed by atoms with van der Waals surface area (Å²) in [6.07, 6.45) is 1.26. The fourth-order valence-corrected chi connectivity index (χ4v) is 1.98. The molecule has 0 aliphatic heterocycles. The molecule has 0 amide bonds. The number of aromatic nitrogens is 1. The lowest BCUT2D eigenvalue weighted by atomic mass is 10.4. The molecule has 5 nitrogen and oxygen atoms in total. The van der Waals surface area contributed by atoms with Crippen molar-refractivity contribution in [2.45, 2.75) is 20.3 Å². The van der Waals surface area contributed by atoms with Crippen LogP contribution < -0.4 is 4.90 Å². The summed E-state index contributed by atoms with van der Waals surface area (Å²) >= 11 is 1.70. The van der Waals surface area contributed by atoms with E-state index >= 15 is 0 Å². The van der Waals surface area contributed by atoms with Crippen molar-refractivity contribution in [2.24, 2.45) is 0 Å². The zero-order valence-electron chi connectivity index (χ0n) is 10.4. The second-order valence-electron chi connectivity index (χ2n) is 3.18. The summed E-state index contributed by atoms with van der Waals surface area (Å²) < 4.78 is 5.29. The molecule has 0 aliphatic carbocycles. The first kappa shape index (κ1) is 15.8. The van der Waals surface area contributed by atoms with E-state index in [0.717, 1.165) is 31.3 Å². The van der Waals surface area contributed by atoms with Crippen molar-refractivity contribution in [1.82, 2.24) is 4.98 Å². The van der Waals surface area contributed by atoms with Gasteiger partial charge < -0.3 is 9.64 Å². The molecule has 0 fully saturated rings. The van der Waals surface area contributed by atoms with Crippen LogP contribution in [0, 0.1) is 0 Å². The number of likely N-dealkylation sites (N-methyl/N-ethyl adjacent to an activating group) is 1. The minimum absolute atomic E-state index is 0.250. The summed E-state index contributed by atoms with van der Waals surface area (Å²) in [4.78, 5) is 22.9. The number of ether oxygens (including phenoxy) is 1. The van der Waals surface area contributed by atoms with E-state index in [0.29, 0.717) is 0 Å². The molecule has 1 heterocycles. The fourth-order valence-electron chi connectivity index (χ4n) is 1.08. The molecule has 0 saturated heterocycles. The molecule has 1 rings (SSSR count). The fraction of sp³-hybridized carbons (Fsp3) is 0.636. The summed E-state index contributed by atoms with van der Waals surface area (Å²) in [7, 11) is 2.05. The third-order valence-corrected chi connectivity index (χ3v) is 3.01. The average Bonchev–Trinajstić information content (AvgIpc) is 2.79. The van der Waals surface area contributed by atoms with E-state index in [4.69, 9.17) is 14.3 Å². The number of nitrogens with zero attached hydrogens (tertiary/aromatic N) is 2. The second-order valence-corrected chi connectivity index (χ2v) is 4.01. The Bertz CT molecular complexity index is 335. The van der Waals surface area contributed by atoms with Crippen LogP contribution in [0.5, 0.6) is 0 Å². The van der Waals surface area contributed by atoms with Crippen LogP contribution in [-0.2, 0) is 20.7 Å². The van der Waals surface area contributed by atoms with Gasteiger partial charge in [-0.2, -0.15) is 9.59 Å². The van der Waals surface area contributed by atoms with E-state index in [9.17, 15) is 0 Å². The van der Waals surface area contributed by atoms with Crippen LogP contribution >= 0.6 is 11.3 Å². The second kappa shape index (κ2) is 9.96. The normalized spacial score (nSPS) is 9.12. The van der Waals surface area contributed by atoms with Crippen molar-refractivity contribution in [2.75, 3.05) is 31.7 Å². The highest BCUT2D eigenvalue weighted by molar-refractivity contribution is 7.13. The lowest BCUT2D eigenvalue weighted by molar-refractivity contribution is -0.191. The smallest absolute Gasteiger partial charge is 0.373 e.